The fourth-order valence-corrected chi connectivity index (χ4v) is 1.77. The van der Waals surface area contributed by atoms with E-state index in [0.29, 0.717) is 0 Å². The third kappa shape index (κ3) is 4.48. The Morgan fingerprint density at radius 3 is 2.20 bits per heavy atom. The fraction of sp³-hybridized carbons (Fsp3) is 0.571. The van der Waals surface area contributed by atoms with Crippen molar-refractivity contribution in [3.8, 4) is 0 Å². The lowest BCUT2D eigenvalue weighted by Crippen LogP contribution is -1.89. The molecule has 0 saturated heterocycles. The van der Waals surface area contributed by atoms with E-state index in [4.69, 9.17) is 0 Å². The Morgan fingerprint density at radius 2 is 1.67 bits per heavy atom. The maximum Gasteiger partial charge on any atom is -0.0167 e. The second-order valence-corrected chi connectivity index (χ2v) is 3.64. The first-order valence-corrected chi connectivity index (χ1v) is 5.96. The highest BCUT2D eigenvalue weighted by Gasteiger charge is 2.16. The zero-order valence-corrected chi connectivity index (χ0v) is 10.8. The second-order valence-electron chi connectivity index (χ2n) is 3.64. The Hall–Kier alpha value is -0.820. The summed E-state index contributed by atoms with van der Waals surface area (Å²) in [6.45, 7) is 6.31. The van der Waals surface area contributed by atoms with Crippen LogP contribution in [-0.4, -0.2) is 14.1 Å². The highest BCUT2D eigenvalue weighted by Crippen LogP contribution is 2.31. The summed E-state index contributed by atoms with van der Waals surface area (Å²) in [5.74, 6) is 0.802. The van der Waals surface area contributed by atoms with E-state index < -0.39 is 0 Å². The van der Waals surface area contributed by atoms with Crippen molar-refractivity contribution in [3.05, 3.63) is 35.4 Å². The van der Waals surface area contributed by atoms with Crippen LogP contribution in [0.5, 0.6) is 0 Å². The first kappa shape index (κ1) is 14.2. The van der Waals surface area contributed by atoms with Crippen LogP contribution in [0.1, 0.15) is 44.2 Å². The molecule has 1 aliphatic rings. The van der Waals surface area contributed by atoms with E-state index >= 15 is 0 Å². The van der Waals surface area contributed by atoms with E-state index in [1.54, 1.807) is 11.1 Å². The van der Waals surface area contributed by atoms with E-state index in [1.807, 2.05) is 27.9 Å². The monoisotopic (exact) mass is 207 g/mol. The van der Waals surface area contributed by atoms with Gasteiger partial charge in [-0.3, -0.25) is 0 Å². The summed E-state index contributed by atoms with van der Waals surface area (Å²) in [5.41, 5.74) is 3.14. The van der Waals surface area contributed by atoms with E-state index in [2.05, 4.69) is 36.5 Å². The van der Waals surface area contributed by atoms with E-state index in [9.17, 15) is 0 Å². The van der Waals surface area contributed by atoms with Gasteiger partial charge in [0, 0.05) is 0 Å². The summed E-state index contributed by atoms with van der Waals surface area (Å²) in [5, 5.41) is 2.75. The van der Waals surface area contributed by atoms with Gasteiger partial charge in [0.2, 0.25) is 0 Å². The number of benzene rings is 1. The lowest BCUT2D eigenvalue weighted by molar-refractivity contribution is 0.747. The van der Waals surface area contributed by atoms with Crippen LogP contribution in [0.3, 0.4) is 0 Å². The first-order chi connectivity index (χ1) is 7.29. The Bertz CT molecular complexity index is 255. The molecule has 86 valence electrons. The Labute approximate surface area is 94.9 Å². The third-order valence-corrected chi connectivity index (χ3v) is 2.43. The topological polar surface area (TPSA) is 12.0 Å². The molecule has 2 rings (SSSR count). The molecule has 1 heteroatoms. The maximum atomic E-state index is 2.75. The Kier molecular flexibility index (Phi) is 8.02. The van der Waals surface area contributed by atoms with Crippen LogP contribution in [0.25, 0.3) is 0 Å². The van der Waals surface area contributed by atoms with Gasteiger partial charge in [-0.2, -0.15) is 0 Å². The highest BCUT2D eigenvalue weighted by atomic mass is 14.7. The molecule has 0 aliphatic heterocycles. The minimum absolute atomic E-state index is 0.802. The summed E-state index contributed by atoms with van der Waals surface area (Å²) in [7, 11) is 3.75. The van der Waals surface area contributed by atoms with Crippen LogP contribution in [-0.2, 0) is 6.42 Å². The molecule has 1 N–H and O–H groups in total. The van der Waals surface area contributed by atoms with Gasteiger partial charge < -0.3 is 5.32 Å². The van der Waals surface area contributed by atoms with Gasteiger partial charge in [0.1, 0.15) is 0 Å². The van der Waals surface area contributed by atoms with E-state index in [-0.39, 0.29) is 0 Å². The van der Waals surface area contributed by atoms with Crippen molar-refractivity contribution in [2.24, 2.45) is 0 Å². The Morgan fingerprint density at radius 1 is 1.13 bits per heavy atom. The number of rotatable bonds is 0. The van der Waals surface area contributed by atoms with Crippen molar-refractivity contribution < 1.29 is 0 Å². The lowest BCUT2D eigenvalue weighted by atomic mass is 10.0. The lowest BCUT2D eigenvalue weighted by Gasteiger charge is -2.01. The van der Waals surface area contributed by atoms with Crippen molar-refractivity contribution in [3.63, 3.8) is 0 Å². The minimum Gasteiger partial charge on any atom is -0.323 e. The predicted molar refractivity (Wildman–Crippen MR) is 69.5 cm³/mol. The van der Waals surface area contributed by atoms with Gasteiger partial charge in [0.15, 0.2) is 0 Å². The van der Waals surface area contributed by atoms with Gasteiger partial charge in [0.25, 0.3) is 0 Å². The molecule has 1 aromatic carbocycles. The van der Waals surface area contributed by atoms with Gasteiger partial charge in [-0.15, -0.1) is 0 Å². The molecular weight excluding hydrogens is 182 g/mol. The number of fused-ring (bicyclic) bond motifs is 1. The molecule has 0 radical (unpaired) electrons. The van der Waals surface area contributed by atoms with Gasteiger partial charge >= 0.3 is 0 Å². The highest BCUT2D eigenvalue weighted by molar-refractivity contribution is 5.33. The molecule has 0 fully saturated rings. The molecule has 15 heavy (non-hydrogen) atoms. The van der Waals surface area contributed by atoms with Crippen molar-refractivity contribution in [1.29, 1.82) is 0 Å². The van der Waals surface area contributed by atoms with Crippen LogP contribution in [0.2, 0.25) is 0 Å². The molecule has 1 nitrogen and oxygen atoms in total. The van der Waals surface area contributed by atoms with Crippen LogP contribution in [0.4, 0.5) is 0 Å². The van der Waals surface area contributed by atoms with E-state index in [1.165, 1.54) is 12.8 Å². The summed E-state index contributed by atoms with van der Waals surface area (Å²) in [4.78, 5) is 0. The van der Waals surface area contributed by atoms with Gasteiger partial charge in [0.05, 0.1) is 0 Å². The molecule has 0 amide bonds. The SMILES string of the molecule is CC.CC1CCc2ccccc21.CNC. The zero-order valence-electron chi connectivity index (χ0n) is 10.8. The van der Waals surface area contributed by atoms with Crippen molar-refractivity contribution in [2.45, 2.75) is 39.5 Å². The normalized spacial score (nSPS) is 16.7. The summed E-state index contributed by atoms with van der Waals surface area (Å²) >= 11 is 0. The Balaban J connectivity index is 0.000000342. The maximum absolute atomic E-state index is 2.75. The smallest absolute Gasteiger partial charge is 0.0167 e. The number of hydrogen-bond donors (Lipinski definition) is 1. The van der Waals surface area contributed by atoms with Crippen molar-refractivity contribution >= 4 is 0 Å². The van der Waals surface area contributed by atoms with Crippen LogP contribution >= 0.6 is 0 Å². The van der Waals surface area contributed by atoms with Gasteiger partial charge in [-0.25, -0.2) is 0 Å². The molecular formula is C14H25N. The average Bonchev–Trinajstić information content (AvgIpc) is 2.65. The number of aryl methyl sites for hydroxylation is 1. The standard InChI is InChI=1S/C10H12.C2H7N.C2H6/c1-8-6-7-9-4-2-3-5-10(8)9;1-3-2;1-2/h2-5,8H,6-7H2,1H3;3H,1-2H3;1-2H3. The molecule has 0 spiro atoms. The minimum atomic E-state index is 0.802. The van der Waals surface area contributed by atoms with Gasteiger partial charge in [-0.05, 0) is 44.0 Å². The predicted octanol–water partition coefficient (Wildman–Crippen LogP) is 3.60. The summed E-state index contributed by atoms with van der Waals surface area (Å²) < 4.78 is 0. The quantitative estimate of drug-likeness (QED) is 0.685. The van der Waals surface area contributed by atoms with Crippen LogP contribution in [0, 0.1) is 0 Å². The second kappa shape index (κ2) is 8.49. The number of nitrogens with one attached hydrogen (secondary N) is 1. The largest absolute Gasteiger partial charge is 0.323 e. The van der Waals surface area contributed by atoms with E-state index in [0.717, 1.165) is 5.92 Å². The molecule has 1 atom stereocenters. The van der Waals surface area contributed by atoms with Crippen LogP contribution in [0.15, 0.2) is 24.3 Å². The summed E-state index contributed by atoms with van der Waals surface area (Å²) in [6.07, 6.45) is 2.64. The molecule has 1 aliphatic carbocycles. The number of hydrogen-bond acceptors (Lipinski definition) is 1. The first-order valence-electron chi connectivity index (χ1n) is 5.96. The molecule has 0 saturated carbocycles. The fourth-order valence-electron chi connectivity index (χ4n) is 1.77. The molecule has 1 aromatic rings. The molecule has 1 unspecified atom stereocenters. The van der Waals surface area contributed by atoms with Crippen molar-refractivity contribution in [2.75, 3.05) is 14.1 Å². The van der Waals surface area contributed by atoms with Crippen molar-refractivity contribution in [1.82, 2.24) is 5.32 Å². The van der Waals surface area contributed by atoms with Crippen LogP contribution < -0.4 is 5.32 Å². The summed E-state index contributed by atoms with van der Waals surface area (Å²) in [6, 6.07) is 8.78. The molecule has 0 bridgehead atoms. The molecule has 0 aromatic heterocycles. The third-order valence-electron chi connectivity index (χ3n) is 2.43. The molecule has 0 heterocycles. The average molecular weight is 207 g/mol. The zero-order chi connectivity index (χ0) is 11.7. The van der Waals surface area contributed by atoms with Gasteiger partial charge in [-0.1, -0.05) is 45.0 Å².